The zero-order valence-corrected chi connectivity index (χ0v) is 22.1. The van der Waals surface area contributed by atoms with Crippen LogP contribution >= 0.6 is 0 Å². The molecule has 1 unspecified atom stereocenters. The van der Waals surface area contributed by atoms with Crippen molar-refractivity contribution in [2.75, 3.05) is 14.2 Å². The number of likely N-dealkylation sites (tertiary alicyclic amines) is 1. The minimum absolute atomic E-state index is 0.0258. The predicted octanol–water partition coefficient (Wildman–Crippen LogP) is 5.30. The molecule has 1 atom stereocenters. The maximum Gasteiger partial charge on any atom is 0.295 e. The lowest BCUT2D eigenvalue weighted by molar-refractivity contribution is -0.140. The minimum Gasteiger partial charge on any atom is -0.507 e. The van der Waals surface area contributed by atoms with Gasteiger partial charge in [0.1, 0.15) is 18.1 Å². The SMILES string of the molecule is COc1cccc(/C(O)=C2\C(=O)C(=O)N(Cc3cccnc3)C2c2ccc(OCc3ccccc3)c(OC)c2)c1. The summed E-state index contributed by atoms with van der Waals surface area (Å²) in [5, 5.41) is 11.4. The molecule has 1 aliphatic heterocycles. The quantitative estimate of drug-likeness (QED) is 0.176. The second-order valence-corrected chi connectivity index (χ2v) is 9.20. The van der Waals surface area contributed by atoms with Gasteiger partial charge in [0.15, 0.2) is 11.5 Å². The summed E-state index contributed by atoms with van der Waals surface area (Å²) >= 11 is 0. The van der Waals surface area contributed by atoms with Gasteiger partial charge in [-0.3, -0.25) is 14.6 Å². The second kappa shape index (κ2) is 11.7. The smallest absolute Gasteiger partial charge is 0.295 e. The third-order valence-corrected chi connectivity index (χ3v) is 6.70. The fraction of sp³-hybridized carbons (Fsp3) is 0.156. The van der Waals surface area contributed by atoms with Crippen molar-refractivity contribution in [2.24, 2.45) is 0 Å². The van der Waals surface area contributed by atoms with Crippen LogP contribution in [0.2, 0.25) is 0 Å². The molecule has 0 radical (unpaired) electrons. The molecule has 8 heteroatoms. The summed E-state index contributed by atoms with van der Waals surface area (Å²) in [6.45, 7) is 0.457. The number of carbonyl (C=O) groups is 2. The van der Waals surface area contributed by atoms with E-state index in [1.165, 1.54) is 19.1 Å². The lowest BCUT2D eigenvalue weighted by Gasteiger charge is -2.26. The fourth-order valence-electron chi connectivity index (χ4n) is 4.71. The number of aliphatic hydroxyl groups is 1. The first kappa shape index (κ1) is 26.5. The number of Topliss-reactive ketones (excluding diaryl/α,β-unsaturated/α-hetero) is 1. The Labute approximate surface area is 232 Å². The number of rotatable bonds is 9. The van der Waals surface area contributed by atoms with Gasteiger partial charge in [-0.05, 0) is 47.0 Å². The summed E-state index contributed by atoms with van der Waals surface area (Å²) in [6.07, 6.45) is 3.27. The molecular formula is C32H28N2O6. The number of methoxy groups -OCH3 is 2. The Balaban J connectivity index is 1.58. The fourth-order valence-corrected chi connectivity index (χ4v) is 4.71. The van der Waals surface area contributed by atoms with Crippen molar-refractivity contribution in [3.8, 4) is 17.2 Å². The van der Waals surface area contributed by atoms with Gasteiger partial charge in [0.25, 0.3) is 11.7 Å². The van der Waals surface area contributed by atoms with Crippen LogP contribution in [0.1, 0.15) is 28.3 Å². The molecular weight excluding hydrogens is 508 g/mol. The van der Waals surface area contributed by atoms with Crippen molar-refractivity contribution in [2.45, 2.75) is 19.2 Å². The van der Waals surface area contributed by atoms with Crippen LogP contribution in [0.4, 0.5) is 0 Å². The summed E-state index contributed by atoms with van der Waals surface area (Å²) in [6, 6.07) is 24.4. The molecule has 2 heterocycles. The van der Waals surface area contributed by atoms with Gasteiger partial charge in [0, 0.05) is 24.5 Å². The van der Waals surface area contributed by atoms with Crippen LogP contribution in [-0.2, 0) is 22.7 Å². The van der Waals surface area contributed by atoms with E-state index in [9.17, 15) is 14.7 Å². The van der Waals surface area contributed by atoms with E-state index in [1.54, 1.807) is 60.9 Å². The van der Waals surface area contributed by atoms with Crippen molar-refractivity contribution in [1.29, 1.82) is 0 Å². The van der Waals surface area contributed by atoms with Crippen molar-refractivity contribution in [3.63, 3.8) is 0 Å². The van der Waals surface area contributed by atoms with Gasteiger partial charge in [-0.15, -0.1) is 0 Å². The zero-order chi connectivity index (χ0) is 28.1. The largest absolute Gasteiger partial charge is 0.507 e. The molecule has 0 saturated carbocycles. The Bertz CT molecular complexity index is 1550. The van der Waals surface area contributed by atoms with E-state index < -0.39 is 17.7 Å². The number of hydrogen-bond acceptors (Lipinski definition) is 7. The maximum atomic E-state index is 13.4. The van der Waals surface area contributed by atoms with Crippen LogP contribution in [0.5, 0.6) is 17.2 Å². The van der Waals surface area contributed by atoms with E-state index in [0.717, 1.165) is 11.1 Å². The third-order valence-electron chi connectivity index (χ3n) is 6.70. The molecule has 1 fully saturated rings. The first-order chi connectivity index (χ1) is 19.5. The summed E-state index contributed by atoms with van der Waals surface area (Å²) < 4.78 is 16.9. The molecule has 1 N–H and O–H groups in total. The van der Waals surface area contributed by atoms with Crippen LogP contribution in [-0.4, -0.2) is 40.9 Å². The van der Waals surface area contributed by atoms with Gasteiger partial charge >= 0.3 is 0 Å². The van der Waals surface area contributed by atoms with Gasteiger partial charge < -0.3 is 24.2 Å². The number of aromatic nitrogens is 1. The summed E-state index contributed by atoms with van der Waals surface area (Å²) in [5.41, 5.74) is 2.65. The molecule has 5 rings (SSSR count). The van der Waals surface area contributed by atoms with Gasteiger partial charge in [0.05, 0.1) is 25.8 Å². The first-order valence-electron chi connectivity index (χ1n) is 12.7. The van der Waals surface area contributed by atoms with Crippen LogP contribution in [0.25, 0.3) is 5.76 Å². The Morgan fingerprint density at radius 3 is 2.40 bits per heavy atom. The monoisotopic (exact) mass is 536 g/mol. The Morgan fingerprint density at radius 2 is 1.68 bits per heavy atom. The topological polar surface area (TPSA) is 98.2 Å². The van der Waals surface area contributed by atoms with Crippen molar-refractivity contribution in [3.05, 3.63) is 125 Å². The average molecular weight is 537 g/mol. The highest BCUT2D eigenvalue weighted by Gasteiger charge is 2.46. The molecule has 1 aliphatic rings. The number of aliphatic hydroxyl groups excluding tert-OH is 1. The Morgan fingerprint density at radius 1 is 0.875 bits per heavy atom. The predicted molar refractivity (Wildman–Crippen MR) is 149 cm³/mol. The standard InChI is InChI=1S/C32H28N2O6/c1-38-25-12-6-11-24(16-25)30(35)28-29(34(32(37)31(28)36)19-22-10-7-15-33-18-22)23-13-14-26(27(17-23)39-2)40-20-21-8-4-3-5-9-21/h3-18,29,35H,19-20H2,1-2H3/b30-28+. The average Bonchev–Trinajstić information content (AvgIpc) is 3.25. The number of amides is 1. The highest BCUT2D eigenvalue weighted by Crippen LogP contribution is 2.43. The molecule has 0 aliphatic carbocycles. The normalized spacial score (nSPS) is 16.1. The number of hydrogen-bond donors (Lipinski definition) is 1. The van der Waals surface area contributed by atoms with Gasteiger partial charge in [0.2, 0.25) is 0 Å². The summed E-state index contributed by atoms with van der Waals surface area (Å²) in [7, 11) is 3.04. The van der Waals surface area contributed by atoms with Crippen LogP contribution in [0, 0.1) is 0 Å². The van der Waals surface area contributed by atoms with E-state index in [4.69, 9.17) is 14.2 Å². The molecule has 1 amide bonds. The van der Waals surface area contributed by atoms with Crippen LogP contribution < -0.4 is 14.2 Å². The number of carbonyl (C=O) groups excluding carboxylic acids is 2. The number of ether oxygens (including phenoxy) is 3. The van der Waals surface area contributed by atoms with Crippen LogP contribution in [0.15, 0.2) is 103 Å². The highest BCUT2D eigenvalue weighted by molar-refractivity contribution is 6.46. The maximum absolute atomic E-state index is 13.4. The molecule has 40 heavy (non-hydrogen) atoms. The number of pyridine rings is 1. The summed E-state index contributed by atoms with van der Waals surface area (Å²) in [4.78, 5) is 32.4. The lowest BCUT2D eigenvalue weighted by Crippen LogP contribution is -2.29. The summed E-state index contributed by atoms with van der Waals surface area (Å²) in [5.74, 6) is -0.348. The Kier molecular flexibility index (Phi) is 7.77. The lowest BCUT2D eigenvalue weighted by atomic mass is 9.94. The molecule has 0 spiro atoms. The van der Waals surface area contributed by atoms with E-state index in [-0.39, 0.29) is 17.9 Å². The minimum atomic E-state index is -0.886. The van der Waals surface area contributed by atoms with E-state index >= 15 is 0 Å². The van der Waals surface area contributed by atoms with Gasteiger partial charge in [-0.25, -0.2) is 0 Å². The van der Waals surface area contributed by atoms with E-state index in [1.807, 2.05) is 36.4 Å². The van der Waals surface area contributed by atoms with Crippen molar-refractivity contribution < 1.29 is 28.9 Å². The number of ketones is 1. The third kappa shape index (κ3) is 5.37. The number of nitrogens with zero attached hydrogens (tertiary/aromatic N) is 2. The second-order valence-electron chi connectivity index (χ2n) is 9.20. The van der Waals surface area contributed by atoms with Gasteiger partial charge in [-0.1, -0.05) is 54.6 Å². The molecule has 4 aromatic rings. The van der Waals surface area contributed by atoms with Crippen molar-refractivity contribution >= 4 is 17.4 Å². The van der Waals surface area contributed by atoms with Crippen LogP contribution in [0.3, 0.4) is 0 Å². The number of benzene rings is 3. The van der Waals surface area contributed by atoms with Gasteiger partial charge in [-0.2, -0.15) is 0 Å². The Hall–Kier alpha value is -5.11. The first-order valence-corrected chi connectivity index (χ1v) is 12.7. The molecule has 202 valence electrons. The van der Waals surface area contributed by atoms with E-state index in [2.05, 4.69) is 4.98 Å². The van der Waals surface area contributed by atoms with E-state index in [0.29, 0.717) is 35.0 Å². The highest BCUT2D eigenvalue weighted by atomic mass is 16.5. The molecule has 3 aromatic carbocycles. The molecule has 0 bridgehead atoms. The molecule has 8 nitrogen and oxygen atoms in total. The molecule has 1 aromatic heterocycles. The van der Waals surface area contributed by atoms with Crippen molar-refractivity contribution in [1.82, 2.24) is 9.88 Å². The molecule has 1 saturated heterocycles. The zero-order valence-electron chi connectivity index (χ0n) is 22.1.